The number of morpholine rings is 1. The van der Waals surface area contributed by atoms with Crippen molar-refractivity contribution in [2.75, 3.05) is 31.2 Å². The molecule has 0 spiro atoms. The van der Waals surface area contributed by atoms with Crippen LogP contribution in [0.2, 0.25) is 0 Å². The van der Waals surface area contributed by atoms with Crippen molar-refractivity contribution in [1.82, 2.24) is 24.1 Å². The van der Waals surface area contributed by atoms with Crippen LogP contribution in [0.4, 0.5) is 5.95 Å². The molecule has 4 heterocycles. The van der Waals surface area contributed by atoms with Gasteiger partial charge in [0.05, 0.1) is 24.6 Å². The Kier molecular flexibility index (Phi) is 5.75. The molecule has 0 radical (unpaired) electrons. The molecule has 3 aromatic heterocycles. The molecule has 160 valence electrons. The molecule has 10 heteroatoms. The van der Waals surface area contributed by atoms with Gasteiger partial charge in [-0.25, -0.2) is 4.98 Å². The van der Waals surface area contributed by atoms with E-state index in [-0.39, 0.29) is 5.56 Å². The minimum atomic E-state index is -0.0614. The number of hydrogen-bond donors (Lipinski definition) is 0. The zero-order valence-electron chi connectivity index (χ0n) is 17.1. The minimum Gasteiger partial charge on any atom is -0.378 e. The maximum absolute atomic E-state index is 12.3. The number of para-hydroxylation sites is 1. The van der Waals surface area contributed by atoms with E-state index in [0.717, 1.165) is 42.0 Å². The van der Waals surface area contributed by atoms with Crippen molar-refractivity contribution in [1.29, 1.82) is 0 Å². The summed E-state index contributed by atoms with van der Waals surface area (Å²) in [6.07, 6.45) is 2.66. The highest BCUT2D eigenvalue weighted by atomic mass is 32.2. The van der Waals surface area contributed by atoms with Gasteiger partial charge in [0.2, 0.25) is 5.95 Å². The number of rotatable bonds is 6. The maximum Gasteiger partial charge on any atom is 0.258 e. The van der Waals surface area contributed by atoms with E-state index in [1.54, 1.807) is 28.4 Å². The average molecular weight is 455 g/mol. The molecule has 4 aromatic rings. The second-order valence-corrected chi connectivity index (χ2v) is 8.95. The number of ether oxygens (including phenoxy) is 1. The van der Waals surface area contributed by atoms with Crippen LogP contribution in [0.5, 0.6) is 0 Å². The highest BCUT2D eigenvalue weighted by molar-refractivity contribution is 7.98. The molecule has 31 heavy (non-hydrogen) atoms. The molecular weight excluding hydrogens is 432 g/mol. The zero-order chi connectivity index (χ0) is 21.2. The van der Waals surface area contributed by atoms with Crippen LogP contribution in [-0.4, -0.2) is 50.5 Å². The first kappa shape index (κ1) is 20.2. The lowest BCUT2D eigenvalue weighted by atomic mass is 10.1. The fraction of sp³-hybridized carbons (Fsp3) is 0.333. The lowest BCUT2D eigenvalue weighted by Gasteiger charge is -2.28. The quantitative estimate of drug-likeness (QED) is 0.415. The number of aryl methyl sites for hydroxylation is 1. The van der Waals surface area contributed by atoms with Crippen LogP contribution in [0.25, 0.3) is 10.6 Å². The Morgan fingerprint density at radius 3 is 2.87 bits per heavy atom. The number of nitrogens with zero attached hydrogens (tertiary/aromatic N) is 6. The van der Waals surface area contributed by atoms with E-state index >= 15 is 0 Å². The van der Waals surface area contributed by atoms with Crippen LogP contribution in [0.15, 0.2) is 51.9 Å². The Bertz CT molecular complexity index is 1260. The molecule has 8 nitrogen and oxygen atoms in total. The molecule has 0 unspecified atom stereocenters. The molecule has 0 bridgehead atoms. The topological polar surface area (TPSA) is 77.5 Å². The summed E-state index contributed by atoms with van der Waals surface area (Å²) in [6.45, 7) is 5.08. The van der Waals surface area contributed by atoms with E-state index in [2.05, 4.69) is 49.8 Å². The molecule has 1 aromatic carbocycles. The van der Waals surface area contributed by atoms with Gasteiger partial charge in [0.15, 0.2) is 10.1 Å². The summed E-state index contributed by atoms with van der Waals surface area (Å²) in [7, 11) is 0. The highest BCUT2D eigenvalue weighted by Gasteiger charge is 2.23. The van der Waals surface area contributed by atoms with E-state index in [4.69, 9.17) is 4.74 Å². The third kappa shape index (κ3) is 3.98. The molecule has 1 fully saturated rings. The Morgan fingerprint density at radius 2 is 2.03 bits per heavy atom. The van der Waals surface area contributed by atoms with Gasteiger partial charge in [-0.2, -0.15) is 0 Å². The van der Waals surface area contributed by atoms with Crippen molar-refractivity contribution >= 4 is 34.0 Å². The number of thiazole rings is 1. The van der Waals surface area contributed by atoms with E-state index < -0.39 is 0 Å². The van der Waals surface area contributed by atoms with E-state index in [1.165, 1.54) is 16.9 Å². The SMILES string of the molecule is CCc1ccccc1-n1c(SCc2cc(=O)n3ccsc3n2)nnc1N1CCOCC1. The van der Waals surface area contributed by atoms with Crippen molar-refractivity contribution in [3.63, 3.8) is 0 Å². The standard InChI is InChI=1S/C21H22N6O2S2/c1-2-15-5-3-4-6-17(15)27-19(25-7-10-29-11-8-25)23-24-21(27)31-14-16-13-18(28)26-9-12-30-20(26)22-16/h3-6,9,12-13H,2,7-8,10-11,14H2,1H3. The van der Waals surface area contributed by atoms with Gasteiger partial charge in [0, 0.05) is 36.5 Å². The van der Waals surface area contributed by atoms with Crippen LogP contribution in [0.1, 0.15) is 18.2 Å². The molecule has 5 rings (SSSR count). The van der Waals surface area contributed by atoms with Crippen LogP contribution in [0, 0.1) is 0 Å². The number of benzene rings is 1. The van der Waals surface area contributed by atoms with Gasteiger partial charge in [-0.3, -0.25) is 13.8 Å². The van der Waals surface area contributed by atoms with Crippen molar-refractivity contribution in [3.8, 4) is 5.69 Å². The first-order chi connectivity index (χ1) is 15.2. The molecule has 0 aliphatic carbocycles. The summed E-state index contributed by atoms with van der Waals surface area (Å²) in [5, 5.41) is 11.7. The maximum atomic E-state index is 12.3. The van der Waals surface area contributed by atoms with Crippen LogP contribution in [-0.2, 0) is 16.9 Å². The normalized spacial score (nSPS) is 14.4. The van der Waals surface area contributed by atoms with Gasteiger partial charge in [0.1, 0.15) is 0 Å². The van der Waals surface area contributed by atoms with Crippen molar-refractivity contribution in [2.24, 2.45) is 0 Å². The molecule has 0 saturated carbocycles. The fourth-order valence-corrected chi connectivity index (χ4v) is 5.23. The van der Waals surface area contributed by atoms with Gasteiger partial charge >= 0.3 is 0 Å². The Morgan fingerprint density at radius 1 is 1.19 bits per heavy atom. The third-order valence-corrected chi connectivity index (χ3v) is 6.95. The van der Waals surface area contributed by atoms with E-state index in [0.29, 0.717) is 23.9 Å². The molecule has 0 N–H and O–H groups in total. The summed E-state index contributed by atoms with van der Waals surface area (Å²) < 4.78 is 9.22. The number of anilines is 1. The predicted molar refractivity (Wildman–Crippen MR) is 123 cm³/mol. The molecule has 0 amide bonds. The lowest BCUT2D eigenvalue weighted by molar-refractivity contribution is 0.122. The monoisotopic (exact) mass is 454 g/mol. The summed E-state index contributed by atoms with van der Waals surface area (Å²) in [5.41, 5.74) is 2.99. The van der Waals surface area contributed by atoms with Gasteiger partial charge in [-0.05, 0) is 18.1 Å². The second kappa shape index (κ2) is 8.81. The summed E-state index contributed by atoms with van der Waals surface area (Å²) in [4.78, 5) is 19.9. The first-order valence-electron chi connectivity index (χ1n) is 10.2. The predicted octanol–water partition coefficient (Wildman–Crippen LogP) is 3.03. The summed E-state index contributed by atoms with van der Waals surface area (Å²) in [5.74, 6) is 1.37. The second-order valence-electron chi connectivity index (χ2n) is 7.13. The van der Waals surface area contributed by atoms with Gasteiger partial charge in [0.25, 0.3) is 5.56 Å². The largest absolute Gasteiger partial charge is 0.378 e. The molecule has 1 aliphatic rings. The van der Waals surface area contributed by atoms with Gasteiger partial charge in [-0.15, -0.1) is 21.5 Å². The summed E-state index contributed by atoms with van der Waals surface area (Å²) in [6, 6.07) is 9.94. The molecule has 1 aliphatic heterocycles. The van der Waals surface area contributed by atoms with Crippen LogP contribution in [0.3, 0.4) is 0 Å². The van der Waals surface area contributed by atoms with Crippen molar-refractivity contribution in [3.05, 3.63) is 63.5 Å². The van der Waals surface area contributed by atoms with Crippen LogP contribution >= 0.6 is 23.1 Å². The average Bonchev–Trinajstić information content (AvgIpc) is 3.45. The zero-order valence-corrected chi connectivity index (χ0v) is 18.7. The van der Waals surface area contributed by atoms with Gasteiger partial charge in [-0.1, -0.05) is 36.9 Å². The fourth-order valence-electron chi connectivity index (χ4n) is 3.66. The van der Waals surface area contributed by atoms with Crippen LogP contribution < -0.4 is 10.5 Å². The third-order valence-electron chi connectivity index (χ3n) is 5.23. The first-order valence-corrected chi connectivity index (χ1v) is 12.1. The minimum absolute atomic E-state index is 0.0614. The molecular formula is C21H22N6O2S2. The van der Waals surface area contributed by atoms with E-state index in [9.17, 15) is 4.79 Å². The van der Waals surface area contributed by atoms with Crippen molar-refractivity contribution in [2.45, 2.75) is 24.3 Å². The van der Waals surface area contributed by atoms with Crippen molar-refractivity contribution < 1.29 is 4.74 Å². The number of fused-ring (bicyclic) bond motifs is 1. The number of hydrogen-bond acceptors (Lipinski definition) is 8. The molecule has 0 atom stereocenters. The Hall–Kier alpha value is -2.69. The Balaban J connectivity index is 1.51. The highest BCUT2D eigenvalue weighted by Crippen LogP contribution is 2.30. The smallest absolute Gasteiger partial charge is 0.258 e. The summed E-state index contributed by atoms with van der Waals surface area (Å²) >= 11 is 3.00. The Labute approximate surface area is 187 Å². The van der Waals surface area contributed by atoms with E-state index in [1.807, 2.05) is 11.4 Å². The lowest BCUT2D eigenvalue weighted by Crippen LogP contribution is -2.38. The molecule has 1 saturated heterocycles. The number of aromatic nitrogens is 5. The number of thioether (sulfide) groups is 1. The van der Waals surface area contributed by atoms with Gasteiger partial charge < -0.3 is 9.64 Å².